The van der Waals surface area contributed by atoms with Crippen LogP contribution in [0.4, 0.5) is 17.6 Å². The zero-order valence-electron chi connectivity index (χ0n) is 9.77. The summed E-state index contributed by atoms with van der Waals surface area (Å²) in [7, 11) is 0. The number of carbonyl (C=O) groups is 1. The molecule has 2 aliphatic rings. The second kappa shape index (κ2) is 5.03. The van der Waals surface area contributed by atoms with Crippen LogP contribution in [0.3, 0.4) is 0 Å². The Kier molecular flexibility index (Phi) is 3.79. The topological polar surface area (TPSA) is 41.1 Å². The normalized spacial score (nSPS) is 31.7. The summed E-state index contributed by atoms with van der Waals surface area (Å²) >= 11 is 0. The van der Waals surface area contributed by atoms with Gasteiger partial charge >= 0.3 is 12.3 Å². The predicted octanol–water partition coefficient (Wildman–Crippen LogP) is 1.39. The third-order valence-electron chi connectivity index (χ3n) is 3.85. The van der Waals surface area contributed by atoms with Crippen LogP contribution in [-0.4, -0.2) is 37.4 Å². The van der Waals surface area contributed by atoms with E-state index in [4.69, 9.17) is 0 Å². The van der Waals surface area contributed by atoms with Crippen LogP contribution in [0, 0.1) is 11.8 Å². The van der Waals surface area contributed by atoms with Crippen LogP contribution in [0.2, 0.25) is 0 Å². The van der Waals surface area contributed by atoms with Gasteiger partial charge in [-0.15, -0.1) is 0 Å². The van der Waals surface area contributed by atoms with Crippen molar-refractivity contribution < 1.29 is 22.4 Å². The summed E-state index contributed by atoms with van der Waals surface area (Å²) < 4.78 is 49.2. The van der Waals surface area contributed by atoms with Gasteiger partial charge in [0.2, 0.25) is 5.91 Å². The molecule has 104 valence electrons. The van der Waals surface area contributed by atoms with Gasteiger partial charge in [0.25, 0.3) is 0 Å². The van der Waals surface area contributed by atoms with Crippen LogP contribution in [0.1, 0.15) is 19.3 Å². The van der Waals surface area contributed by atoms with E-state index >= 15 is 0 Å². The van der Waals surface area contributed by atoms with Crippen LogP contribution in [0.5, 0.6) is 0 Å². The monoisotopic (exact) mass is 268 g/mol. The Morgan fingerprint density at radius 3 is 2.78 bits per heavy atom. The van der Waals surface area contributed by atoms with Gasteiger partial charge in [0, 0.05) is 0 Å². The van der Waals surface area contributed by atoms with Crippen molar-refractivity contribution in [1.29, 1.82) is 0 Å². The quantitative estimate of drug-likeness (QED) is 0.757. The highest BCUT2D eigenvalue weighted by Gasteiger charge is 2.45. The number of hydrogen-bond acceptors (Lipinski definition) is 2. The van der Waals surface area contributed by atoms with E-state index in [0.717, 1.165) is 19.3 Å². The standard InChI is InChI=1S/C11H16F4N2O/c12-10(13)11(14,15)5-17-9(18)8-7-3-1-2-6(7)4-16-8/h6-8,10,16H,1-5H2,(H,17,18). The molecule has 1 aliphatic carbocycles. The molecule has 0 aromatic rings. The number of nitrogens with one attached hydrogen (secondary N) is 2. The Bertz CT molecular complexity index is 324. The van der Waals surface area contributed by atoms with E-state index in [9.17, 15) is 22.4 Å². The molecule has 1 amide bonds. The zero-order chi connectivity index (χ0) is 13.3. The third-order valence-corrected chi connectivity index (χ3v) is 3.85. The molecule has 3 nitrogen and oxygen atoms in total. The van der Waals surface area contributed by atoms with Crippen molar-refractivity contribution in [2.45, 2.75) is 37.7 Å². The molecule has 0 aromatic heterocycles. The Morgan fingerprint density at radius 2 is 2.11 bits per heavy atom. The summed E-state index contributed by atoms with van der Waals surface area (Å²) in [6.07, 6.45) is -0.794. The maximum absolute atomic E-state index is 12.7. The van der Waals surface area contributed by atoms with Crippen molar-refractivity contribution in [3.8, 4) is 0 Å². The number of hydrogen-bond donors (Lipinski definition) is 2. The van der Waals surface area contributed by atoms with Crippen LogP contribution in [0.15, 0.2) is 0 Å². The first-order valence-electron chi connectivity index (χ1n) is 6.09. The van der Waals surface area contributed by atoms with Gasteiger partial charge in [0.05, 0.1) is 12.6 Å². The van der Waals surface area contributed by atoms with E-state index < -0.39 is 30.8 Å². The van der Waals surface area contributed by atoms with Gasteiger partial charge in [-0.2, -0.15) is 8.78 Å². The number of fused-ring (bicyclic) bond motifs is 1. The lowest BCUT2D eigenvalue weighted by atomic mass is 9.93. The average molecular weight is 268 g/mol. The summed E-state index contributed by atoms with van der Waals surface area (Å²) in [6, 6.07) is -0.508. The first-order chi connectivity index (χ1) is 8.42. The second-order valence-electron chi connectivity index (χ2n) is 5.02. The largest absolute Gasteiger partial charge is 0.348 e. The van der Waals surface area contributed by atoms with Gasteiger partial charge in [-0.05, 0) is 31.2 Å². The minimum Gasteiger partial charge on any atom is -0.348 e. The highest BCUT2D eigenvalue weighted by atomic mass is 19.3. The fraction of sp³-hybridized carbons (Fsp3) is 0.909. The summed E-state index contributed by atoms with van der Waals surface area (Å²) in [4.78, 5) is 11.7. The van der Waals surface area contributed by atoms with Gasteiger partial charge in [-0.1, -0.05) is 6.42 Å². The molecule has 3 unspecified atom stereocenters. The van der Waals surface area contributed by atoms with Crippen LogP contribution >= 0.6 is 0 Å². The highest BCUT2D eigenvalue weighted by molar-refractivity contribution is 5.82. The highest BCUT2D eigenvalue weighted by Crippen LogP contribution is 2.37. The molecule has 2 fully saturated rings. The van der Waals surface area contributed by atoms with E-state index in [-0.39, 0.29) is 5.92 Å². The molecular formula is C11H16F4N2O. The number of amides is 1. The molecule has 1 saturated heterocycles. The summed E-state index contributed by atoms with van der Waals surface area (Å²) in [5, 5.41) is 4.91. The van der Waals surface area contributed by atoms with E-state index in [1.54, 1.807) is 0 Å². The predicted molar refractivity (Wildman–Crippen MR) is 56.6 cm³/mol. The van der Waals surface area contributed by atoms with Crippen LogP contribution in [0.25, 0.3) is 0 Å². The van der Waals surface area contributed by atoms with Gasteiger partial charge in [-0.25, -0.2) is 8.78 Å². The van der Waals surface area contributed by atoms with E-state index in [1.807, 2.05) is 5.32 Å². The Balaban J connectivity index is 1.85. The first-order valence-corrected chi connectivity index (χ1v) is 6.09. The van der Waals surface area contributed by atoms with Crippen molar-refractivity contribution in [2.75, 3.05) is 13.1 Å². The second-order valence-corrected chi connectivity index (χ2v) is 5.02. The SMILES string of the molecule is O=C(NCC(F)(F)C(F)F)C1NCC2CCCC21. The Morgan fingerprint density at radius 1 is 1.39 bits per heavy atom. The smallest absolute Gasteiger partial charge is 0.324 e. The molecule has 0 bridgehead atoms. The summed E-state index contributed by atoms with van der Waals surface area (Å²) in [6.45, 7) is -0.604. The molecule has 1 saturated carbocycles. The van der Waals surface area contributed by atoms with Crippen molar-refractivity contribution in [3.63, 3.8) is 0 Å². The van der Waals surface area contributed by atoms with E-state index in [0.29, 0.717) is 12.5 Å². The van der Waals surface area contributed by atoms with Crippen molar-refractivity contribution in [2.24, 2.45) is 11.8 Å². The van der Waals surface area contributed by atoms with Gasteiger partial charge < -0.3 is 10.6 Å². The number of carbonyl (C=O) groups excluding carboxylic acids is 1. The zero-order valence-corrected chi connectivity index (χ0v) is 9.77. The fourth-order valence-corrected chi connectivity index (χ4v) is 2.87. The molecule has 2 rings (SSSR count). The maximum atomic E-state index is 12.7. The lowest BCUT2D eigenvalue weighted by Gasteiger charge is -2.20. The lowest BCUT2D eigenvalue weighted by Crippen LogP contribution is -2.49. The third kappa shape index (κ3) is 2.60. The van der Waals surface area contributed by atoms with Crippen molar-refractivity contribution >= 4 is 5.91 Å². The minimum atomic E-state index is -4.16. The van der Waals surface area contributed by atoms with Crippen LogP contribution < -0.4 is 10.6 Å². The van der Waals surface area contributed by atoms with Gasteiger partial charge in [-0.3, -0.25) is 4.79 Å². The Hall–Kier alpha value is -0.850. The molecule has 0 aromatic carbocycles. The molecule has 18 heavy (non-hydrogen) atoms. The molecule has 0 spiro atoms. The van der Waals surface area contributed by atoms with Gasteiger partial charge in [0.15, 0.2) is 0 Å². The molecule has 1 aliphatic heterocycles. The molecule has 1 heterocycles. The average Bonchev–Trinajstić information content (AvgIpc) is 2.87. The molecule has 7 heteroatoms. The molecule has 3 atom stereocenters. The molecule has 0 radical (unpaired) electrons. The Labute approximate surface area is 102 Å². The molecule has 2 N–H and O–H groups in total. The minimum absolute atomic E-state index is 0.158. The number of rotatable bonds is 4. The summed E-state index contributed by atoms with van der Waals surface area (Å²) in [5.74, 6) is -4.19. The first kappa shape index (κ1) is 13.6. The van der Waals surface area contributed by atoms with E-state index in [2.05, 4.69) is 5.32 Å². The summed E-state index contributed by atoms with van der Waals surface area (Å²) in [5.41, 5.74) is 0. The van der Waals surface area contributed by atoms with Crippen molar-refractivity contribution in [1.82, 2.24) is 10.6 Å². The van der Waals surface area contributed by atoms with Crippen molar-refractivity contribution in [3.05, 3.63) is 0 Å². The van der Waals surface area contributed by atoms with Gasteiger partial charge in [0.1, 0.15) is 0 Å². The van der Waals surface area contributed by atoms with E-state index in [1.165, 1.54) is 0 Å². The molecular weight excluding hydrogens is 252 g/mol. The number of halogens is 4. The fourth-order valence-electron chi connectivity index (χ4n) is 2.87. The van der Waals surface area contributed by atoms with Crippen LogP contribution in [-0.2, 0) is 4.79 Å². The maximum Gasteiger partial charge on any atom is 0.324 e. The number of alkyl halides is 4. The lowest BCUT2D eigenvalue weighted by molar-refractivity contribution is -0.138.